The molecule has 1 aromatic carbocycles. The van der Waals surface area contributed by atoms with Crippen LogP contribution in [0.25, 0.3) is 10.9 Å². The molecule has 3 nitrogen and oxygen atoms in total. The number of ketones is 1. The first-order chi connectivity index (χ1) is 9.49. The van der Waals surface area contributed by atoms with Crippen LogP contribution in [0.2, 0.25) is 10.0 Å². The Labute approximate surface area is 123 Å². The van der Waals surface area contributed by atoms with Crippen LogP contribution in [0.4, 0.5) is 8.78 Å². The zero-order valence-corrected chi connectivity index (χ0v) is 11.8. The normalized spacial score (nSPS) is 11.4. The van der Waals surface area contributed by atoms with Crippen LogP contribution in [0.1, 0.15) is 16.8 Å². The SMILES string of the molecule is O=C(CCOCC(F)F)c1c[nH]c2cc(Cl)cc(Cl)c12. The Hall–Kier alpha value is -1.17. The van der Waals surface area contributed by atoms with Crippen LogP contribution >= 0.6 is 23.2 Å². The van der Waals surface area contributed by atoms with E-state index >= 15 is 0 Å². The lowest BCUT2D eigenvalue weighted by molar-refractivity contribution is 0.0170. The number of benzene rings is 1. The van der Waals surface area contributed by atoms with E-state index in [2.05, 4.69) is 4.98 Å². The summed E-state index contributed by atoms with van der Waals surface area (Å²) in [7, 11) is 0. The second kappa shape index (κ2) is 6.52. The molecule has 0 amide bonds. The highest BCUT2D eigenvalue weighted by atomic mass is 35.5. The zero-order valence-electron chi connectivity index (χ0n) is 10.3. The van der Waals surface area contributed by atoms with Gasteiger partial charge in [0, 0.05) is 34.1 Å². The number of aromatic amines is 1. The maximum atomic E-state index is 12.0. The summed E-state index contributed by atoms with van der Waals surface area (Å²) in [5.74, 6) is -0.227. The summed E-state index contributed by atoms with van der Waals surface area (Å²) in [5.41, 5.74) is 1.06. The number of hydrogen-bond acceptors (Lipinski definition) is 2. The molecule has 0 saturated heterocycles. The van der Waals surface area contributed by atoms with Gasteiger partial charge in [-0.15, -0.1) is 0 Å². The minimum absolute atomic E-state index is 0.0125. The average molecular weight is 322 g/mol. The van der Waals surface area contributed by atoms with E-state index in [1.165, 1.54) is 6.20 Å². The molecule has 2 rings (SSSR count). The average Bonchev–Trinajstić information content (AvgIpc) is 2.78. The summed E-state index contributed by atoms with van der Waals surface area (Å²) < 4.78 is 28.5. The predicted octanol–water partition coefficient (Wildman–Crippen LogP) is 4.33. The minimum Gasteiger partial charge on any atom is -0.375 e. The molecule has 0 fully saturated rings. The summed E-state index contributed by atoms with van der Waals surface area (Å²) in [6.07, 6.45) is -0.990. The fraction of sp³-hybridized carbons (Fsp3) is 0.308. The van der Waals surface area contributed by atoms with Gasteiger partial charge in [-0.1, -0.05) is 23.2 Å². The van der Waals surface area contributed by atoms with Gasteiger partial charge in [0.15, 0.2) is 5.78 Å². The Kier molecular flexibility index (Phi) is 4.96. The van der Waals surface area contributed by atoms with Crippen LogP contribution in [0.3, 0.4) is 0 Å². The van der Waals surface area contributed by atoms with E-state index in [0.29, 0.717) is 26.5 Å². The third-order valence-corrected chi connectivity index (χ3v) is 3.23. The molecule has 0 spiro atoms. The molecule has 1 N–H and O–H groups in total. The summed E-state index contributed by atoms with van der Waals surface area (Å²) in [4.78, 5) is 14.9. The number of fused-ring (bicyclic) bond motifs is 1. The lowest BCUT2D eigenvalue weighted by Crippen LogP contribution is -2.09. The van der Waals surface area contributed by atoms with Crippen molar-refractivity contribution in [3.05, 3.63) is 33.9 Å². The number of nitrogens with one attached hydrogen (secondary N) is 1. The summed E-state index contributed by atoms with van der Waals surface area (Å²) >= 11 is 11.9. The first kappa shape index (κ1) is 15.2. The van der Waals surface area contributed by atoms with Crippen LogP contribution in [0, 0.1) is 0 Å². The standard InChI is InChI=1S/C13H11Cl2F2NO2/c14-7-3-9(15)13-8(5-18-10(13)4-7)11(19)1-2-20-6-12(16)17/h3-5,12,18H,1-2,6H2. The van der Waals surface area contributed by atoms with E-state index < -0.39 is 13.0 Å². The highest BCUT2D eigenvalue weighted by Crippen LogP contribution is 2.30. The Morgan fingerprint density at radius 2 is 2.10 bits per heavy atom. The van der Waals surface area contributed by atoms with Crippen LogP contribution in [-0.2, 0) is 4.74 Å². The number of aromatic nitrogens is 1. The van der Waals surface area contributed by atoms with Gasteiger partial charge in [-0.2, -0.15) is 0 Å². The maximum Gasteiger partial charge on any atom is 0.261 e. The molecule has 0 aliphatic rings. The fourth-order valence-electron chi connectivity index (χ4n) is 1.88. The number of carbonyl (C=O) groups excluding carboxylic acids is 1. The zero-order chi connectivity index (χ0) is 14.7. The van der Waals surface area contributed by atoms with Gasteiger partial charge in [-0.05, 0) is 12.1 Å². The Morgan fingerprint density at radius 1 is 1.35 bits per heavy atom. The topological polar surface area (TPSA) is 42.1 Å². The molecule has 1 aromatic heterocycles. The molecule has 2 aromatic rings. The summed E-state index contributed by atoms with van der Waals surface area (Å²) in [6.45, 7) is -0.724. The van der Waals surface area contributed by atoms with Crippen molar-refractivity contribution in [1.82, 2.24) is 4.98 Å². The number of ether oxygens (including phenoxy) is 1. The lowest BCUT2D eigenvalue weighted by atomic mass is 10.1. The Balaban J connectivity index is 2.11. The number of rotatable bonds is 6. The van der Waals surface area contributed by atoms with E-state index in [1.807, 2.05) is 0 Å². The van der Waals surface area contributed by atoms with E-state index in [0.717, 1.165) is 0 Å². The van der Waals surface area contributed by atoms with E-state index in [4.69, 9.17) is 27.9 Å². The van der Waals surface area contributed by atoms with E-state index in [-0.39, 0.29) is 18.8 Å². The van der Waals surface area contributed by atoms with Crippen molar-refractivity contribution < 1.29 is 18.3 Å². The van der Waals surface area contributed by atoms with Crippen LogP contribution in [-0.4, -0.2) is 30.4 Å². The predicted molar refractivity (Wildman–Crippen MR) is 74.1 cm³/mol. The minimum atomic E-state index is -2.53. The lowest BCUT2D eigenvalue weighted by Gasteiger charge is -2.03. The molecule has 0 unspecified atom stereocenters. The smallest absolute Gasteiger partial charge is 0.261 e. The van der Waals surface area contributed by atoms with Crippen molar-refractivity contribution in [2.45, 2.75) is 12.8 Å². The number of alkyl halides is 2. The van der Waals surface area contributed by atoms with Gasteiger partial charge >= 0.3 is 0 Å². The number of Topliss-reactive ketones (excluding diaryl/α,β-unsaturated/α-hetero) is 1. The molecule has 0 atom stereocenters. The Morgan fingerprint density at radius 3 is 2.80 bits per heavy atom. The highest BCUT2D eigenvalue weighted by molar-refractivity contribution is 6.39. The van der Waals surface area contributed by atoms with Gasteiger partial charge in [0.05, 0.1) is 11.6 Å². The molecule has 0 bridgehead atoms. The second-order valence-corrected chi connectivity index (χ2v) is 5.00. The van der Waals surface area contributed by atoms with Gasteiger partial charge in [-0.25, -0.2) is 8.78 Å². The molecule has 20 heavy (non-hydrogen) atoms. The number of carbonyl (C=O) groups is 1. The molecule has 0 saturated carbocycles. The highest BCUT2D eigenvalue weighted by Gasteiger charge is 2.15. The van der Waals surface area contributed by atoms with Crippen LogP contribution in [0.15, 0.2) is 18.3 Å². The van der Waals surface area contributed by atoms with Crippen molar-refractivity contribution in [3.8, 4) is 0 Å². The molecular formula is C13H11Cl2F2NO2. The van der Waals surface area contributed by atoms with E-state index in [9.17, 15) is 13.6 Å². The monoisotopic (exact) mass is 321 g/mol. The van der Waals surface area contributed by atoms with Gasteiger partial charge in [0.1, 0.15) is 6.61 Å². The van der Waals surface area contributed by atoms with Crippen molar-refractivity contribution in [3.63, 3.8) is 0 Å². The largest absolute Gasteiger partial charge is 0.375 e. The van der Waals surface area contributed by atoms with Gasteiger partial charge < -0.3 is 9.72 Å². The fourth-order valence-corrected chi connectivity index (χ4v) is 2.47. The van der Waals surface area contributed by atoms with Gasteiger partial charge in [-0.3, -0.25) is 4.79 Å². The number of halogens is 4. The summed E-state index contributed by atoms with van der Waals surface area (Å²) in [5, 5.41) is 1.41. The molecule has 0 aliphatic carbocycles. The van der Waals surface area contributed by atoms with Crippen LogP contribution < -0.4 is 0 Å². The number of hydrogen-bond donors (Lipinski definition) is 1. The molecule has 0 radical (unpaired) electrons. The van der Waals surface area contributed by atoms with Crippen molar-refractivity contribution in [2.24, 2.45) is 0 Å². The molecule has 1 heterocycles. The molecule has 108 valence electrons. The quantitative estimate of drug-likeness (QED) is 0.635. The van der Waals surface area contributed by atoms with Crippen molar-refractivity contribution in [1.29, 1.82) is 0 Å². The van der Waals surface area contributed by atoms with E-state index in [1.54, 1.807) is 12.1 Å². The third-order valence-electron chi connectivity index (χ3n) is 2.71. The first-order valence-electron chi connectivity index (χ1n) is 5.84. The van der Waals surface area contributed by atoms with Crippen molar-refractivity contribution >= 4 is 39.9 Å². The molecule has 0 aliphatic heterocycles. The second-order valence-electron chi connectivity index (χ2n) is 4.15. The summed E-state index contributed by atoms with van der Waals surface area (Å²) in [6, 6.07) is 3.20. The van der Waals surface area contributed by atoms with Gasteiger partial charge in [0.2, 0.25) is 0 Å². The first-order valence-corrected chi connectivity index (χ1v) is 6.60. The maximum absolute atomic E-state index is 12.0. The Bertz CT molecular complexity index is 628. The van der Waals surface area contributed by atoms with Crippen molar-refractivity contribution in [2.75, 3.05) is 13.2 Å². The molecular weight excluding hydrogens is 311 g/mol. The number of H-pyrrole nitrogens is 1. The molecule has 7 heteroatoms. The van der Waals surface area contributed by atoms with Gasteiger partial charge in [0.25, 0.3) is 6.43 Å². The van der Waals surface area contributed by atoms with Crippen LogP contribution in [0.5, 0.6) is 0 Å². The third kappa shape index (κ3) is 3.48.